The van der Waals surface area contributed by atoms with Crippen LogP contribution in [0.15, 0.2) is 17.5 Å². The first kappa shape index (κ1) is 12.7. The highest BCUT2D eigenvalue weighted by Gasteiger charge is 2.38. The zero-order chi connectivity index (χ0) is 13.3. The van der Waals surface area contributed by atoms with Crippen molar-refractivity contribution in [3.63, 3.8) is 0 Å². The van der Waals surface area contributed by atoms with Crippen molar-refractivity contribution in [2.45, 2.75) is 25.7 Å². The third-order valence-electron chi connectivity index (χ3n) is 4.39. The molecule has 1 aromatic heterocycles. The molecular formula is C14H18N2O2S. The Bertz CT molecular complexity index is 464. The predicted molar refractivity (Wildman–Crippen MR) is 74.1 cm³/mol. The second-order valence-corrected chi connectivity index (χ2v) is 6.49. The summed E-state index contributed by atoms with van der Waals surface area (Å²) in [5, 5.41) is 4.91. The van der Waals surface area contributed by atoms with Gasteiger partial charge in [-0.1, -0.05) is 6.07 Å². The molecule has 0 bridgehead atoms. The summed E-state index contributed by atoms with van der Waals surface area (Å²) in [5.41, 5.74) is 0.236. The molecule has 0 aromatic carbocycles. The second-order valence-electron chi connectivity index (χ2n) is 5.55. The molecule has 1 N–H and O–H groups in total. The summed E-state index contributed by atoms with van der Waals surface area (Å²) in [4.78, 5) is 26.3. The van der Waals surface area contributed by atoms with E-state index in [0.29, 0.717) is 6.42 Å². The minimum absolute atomic E-state index is 0.157. The van der Waals surface area contributed by atoms with Gasteiger partial charge in [0.15, 0.2) is 0 Å². The summed E-state index contributed by atoms with van der Waals surface area (Å²) in [5.74, 6) is 0.326. The van der Waals surface area contributed by atoms with Gasteiger partial charge in [-0.05, 0) is 36.1 Å². The molecule has 1 spiro atoms. The second kappa shape index (κ2) is 4.96. The van der Waals surface area contributed by atoms with Gasteiger partial charge in [0.1, 0.15) is 0 Å². The standard InChI is InChI=1S/C14H18N2O2S/c17-12-3-4-14(10-15-12)5-7-16(8-6-14)13(18)11-2-1-9-19-11/h1-2,9H,3-8,10H2,(H,15,17). The van der Waals surface area contributed by atoms with E-state index in [9.17, 15) is 9.59 Å². The smallest absolute Gasteiger partial charge is 0.263 e. The molecule has 1 aromatic rings. The van der Waals surface area contributed by atoms with Crippen LogP contribution in [0.5, 0.6) is 0 Å². The largest absolute Gasteiger partial charge is 0.356 e. The van der Waals surface area contributed by atoms with Crippen LogP contribution in [0.4, 0.5) is 0 Å². The van der Waals surface area contributed by atoms with E-state index in [2.05, 4.69) is 5.32 Å². The van der Waals surface area contributed by atoms with Crippen molar-refractivity contribution in [3.05, 3.63) is 22.4 Å². The number of piperidine rings is 2. The van der Waals surface area contributed by atoms with Crippen LogP contribution >= 0.6 is 11.3 Å². The van der Waals surface area contributed by atoms with Gasteiger partial charge < -0.3 is 10.2 Å². The first-order valence-electron chi connectivity index (χ1n) is 6.78. The lowest BCUT2D eigenvalue weighted by Crippen LogP contribution is -2.50. The summed E-state index contributed by atoms with van der Waals surface area (Å²) in [6.45, 7) is 2.41. The third kappa shape index (κ3) is 2.52. The molecule has 2 aliphatic heterocycles. The molecule has 5 heteroatoms. The first-order valence-corrected chi connectivity index (χ1v) is 7.66. The lowest BCUT2D eigenvalue weighted by Gasteiger charge is -2.44. The van der Waals surface area contributed by atoms with E-state index in [1.165, 1.54) is 11.3 Å². The molecule has 3 rings (SSSR count). The van der Waals surface area contributed by atoms with Crippen molar-refractivity contribution in [2.24, 2.45) is 5.41 Å². The molecule has 4 nitrogen and oxygen atoms in total. The van der Waals surface area contributed by atoms with Gasteiger partial charge in [-0.2, -0.15) is 0 Å². The Balaban J connectivity index is 1.60. The number of carbonyl (C=O) groups excluding carboxylic acids is 2. The third-order valence-corrected chi connectivity index (χ3v) is 5.24. The number of hydrogen-bond acceptors (Lipinski definition) is 3. The highest BCUT2D eigenvalue weighted by atomic mass is 32.1. The Morgan fingerprint density at radius 3 is 2.68 bits per heavy atom. The zero-order valence-corrected chi connectivity index (χ0v) is 11.7. The molecule has 3 heterocycles. The molecule has 0 radical (unpaired) electrons. The Hall–Kier alpha value is -1.36. The fraction of sp³-hybridized carbons (Fsp3) is 0.571. The molecule has 2 saturated heterocycles. The molecule has 19 heavy (non-hydrogen) atoms. The molecule has 0 unspecified atom stereocenters. The van der Waals surface area contributed by atoms with Crippen molar-refractivity contribution in [1.29, 1.82) is 0 Å². The molecular weight excluding hydrogens is 260 g/mol. The van der Waals surface area contributed by atoms with Crippen LogP contribution in [-0.4, -0.2) is 36.3 Å². The van der Waals surface area contributed by atoms with Gasteiger partial charge in [0.2, 0.25) is 5.91 Å². The van der Waals surface area contributed by atoms with Crippen molar-refractivity contribution in [1.82, 2.24) is 10.2 Å². The Morgan fingerprint density at radius 1 is 1.32 bits per heavy atom. The SMILES string of the molecule is O=C1CCC2(CCN(C(=O)c3cccs3)CC2)CN1. The highest BCUT2D eigenvalue weighted by molar-refractivity contribution is 7.12. The number of thiophene rings is 1. The van der Waals surface area contributed by atoms with Crippen LogP contribution in [0.1, 0.15) is 35.4 Å². The van der Waals surface area contributed by atoms with Gasteiger partial charge in [0.25, 0.3) is 5.91 Å². The van der Waals surface area contributed by atoms with Crippen LogP contribution in [-0.2, 0) is 4.79 Å². The number of nitrogens with zero attached hydrogens (tertiary/aromatic N) is 1. The lowest BCUT2D eigenvalue weighted by molar-refractivity contribution is -0.125. The van der Waals surface area contributed by atoms with Gasteiger partial charge in [-0.3, -0.25) is 9.59 Å². The maximum absolute atomic E-state index is 12.3. The van der Waals surface area contributed by atoms with Crippen molar-refractivity contribution in [3.8, 4) is 0 Å². The maximum atomic E-state index is 12.3. The van der Waals surface area contributed by atoms with E-state index >= 15 is 0 Å². The van der Waals surface area contributed by atoms with Gasteiger partial charge in [0, 0.05) is 26.1 Å². The summed E-state index contributed by atoms with van der Waals surface area (Å²) in [6, 6.07) is 3.80. The molecule has 0 atom stereocenters. The van der Waals surface area contributed by atoms with Crippen LogP contribution in [0, 0.1) is 5.41 Å². The first-order chi connectivity index (χ1) is 9.19. The summed E-state index contributed by atoms with van der Waals surface area (Å²) < 4.78 is 0. The fourth-order valence-electron chi connectivity index (χ4n) is 3.01. The van der Waals surface area contributed by atoms with Gasteiger partial charge >= 0.3 is 0 Å². The zero-order valence-electron chi connectivity index (χ0n) is 10.9. The molecule has 0 saturated carbocycles. The van der Waals surface area contributed by atoms with Crippen molar-refractivity contribution in [2.75, 3.05) is 19.6 Å². The minimum atomic E-state index is 0.157. The van der Waals surface area contributed by atoms with Gasteiger partial charge in [-0.15, -0.1) is 11.3 Å². The van der Waals surface area contributed by atoms with E-state index in [1.54, 1.807) is 0 Å². The summed E-state index contributed by atoms with van der Waals surface area (Å²) in [7, 11) is 0. The van der Waals surface area contributed by atoms with E-state index in [4.69, 9.17) is 0 Å². The maximum Gasteiger partial charge on any atom is 0.263 e. The Kier molecular flexibility index (Phi) is 3.31. The Labute approximate surface area is 116 Å². The molecule has 2 aliphatic rings. The number of rotatable bonds is 1. The number of carbonyl (C=O) groups is 2. The normalized spacial score (nSPS) is 22.3. The number of amides is 2. The Morgan fingerprint density at radius 2 is 2.11 bits per heavy atom. The lowest BCUT2D eigenvalue weighted by atomic mass is 9.73. The molecule has 2 fully saturated rings. The summed E-state index contributed by atoms with van der Waals surface area (Å²) in [6.07, 6.45) is 3.62. The molecule has 102 valence electrons. The van der Waals surface area contributed by atoms with Crippen LogP contribution in [0.3, 0.4) is 0 Å². The van der Waals surface area contributed by atoms with Crippen LogP contribution in [0.25, 0.3) is 0 Å². The quantitative estimate of drug-likeness (QED) is 0.852. The van der Waals surface area contributed by atoms with E-state index in [0.717, 1.165) is 43.8 Å². The van der Waals surface area contributed by atoms with Crippen molar-refractivity contribution >= 4 is 23.2 Å². The fourth-order valence-corrected chi connectivity index (χ4v) is 3.70. The van der Waals surface area contributed by atoms with E-state index in [-0.39, 0.29) is 17.2 Å². The van der Waals surface area contributed by atoms with Crippen molar-refractivity contribution < 1.29 is 9.59 Å². The summed E-state index contributed by atoms with van der Waals surface area (Å²) >= 11 is 1.50. The number of likely N-dealkylation sites (tertiary alicyclic amines) is 1. The van der Waals surface area contributed by atoms with Gasteiger partial charge in [-0.25, -0.2) is 0 Å². The average Bonchev–Trinajstić information content (AvgIpc) is 2.97. The number of hydrogen-bond donors (Lipinski definition) is 1. The predicted octanol–water partition coefficient (Wildman–Crippen LogP) is 1.88. The van der Waals surface area contributed by atoms with E-state index in [1.807, 2.05) is 22.4 Å². The van der Waals surface area contributed by atoms with E-state index < -0.39 is 0 Å². The van der Waals surface area contributed by atoms with Crippen LogP contribution < -0.4 is 5.32 Å². The van der Waals surface area contributed by atoms with Gasteiger partial charge in [0.05, 0.1) is 4.88 Å². The van der Waals surface area contributed by atoms with Crippen LogP contribution in [0.2, 0.25) is 0 Å². The monoisotopic (exact) mass is 278 g/mol. The molecule has 2 amide bonds. The average molecular weight is 278 g/mol. The minimum Gasteiger partial charge on any atom is -0.356 e. The highest BCUT2D eigenvalue weighted by Crippen LogP contribution is 2.37. The topological polar surface area (TPSA) is 49.4 Å². The molecule has 0 aliphatic carbocycles. The number of nitrogens with one attached hydrogen (secondary N) is 1.